The van der Waals surface area contributed by atoms with Gasteiger partial charge in [0.1, 0.15) is 5.75 Å². The van der Waals surface area contributed by atoms with Crippen LogP contribution in [0, 0.1) is 5.82 Å². The Morgan fingerprint density at radius 1 is 0.828 bits per heavy atom. The van der Waals surface area contributed by atoms with Crippen LogP contribution in [0.15, 0.2) is 72.8 Å². The maximum Gasteiger partial charge on any atom is 0.165 e. The zero-order chi connectivity index (χ0) is 20.7. The topological polar surface area (TPSA) is 27.7 Å². The van der Waals surface area contributed by atoms with E-state index in [9.17, 15) is 4.39 Å². The van der Waals surface area contributed by atoms with Crippen LogP contribution in [0.4, 0.5) is 4.39 Å². The molecule has 0 aromatic heterocycles. The van der Waals surface area contributed by atoms with Gasteiger partial charge in [-0.3, -0.25) is 0 Å². The van der Waals surface area contributed by atoms with Crippen molar-refractivity contribution in [3.05, 3.63) is 95.3 Å². The van der Waals surface area contributed by atoms with Gasteiger partial charge in [-0.05, 0) is 41.0 Å². The number of ether oxygens (including phenoxy) is 3. The smallest absolute Gasteiger partial charge is 0.165 e. The van der Waals surface area contributed by atoms with Crippen molar-refractivity contribution >= 4 is 0 Å². The van der Waals surface area contributed by atoms with E-state index in [4.69, 9.17) is 14.2 Å². The molecule has 3 rings (SSSR count). The molecule has 0 spiro atoms. The molecule has 3 nitrogen and oxygen atoms in total. The molecule has 0 bridgehead atoms. The summed E-state index contributed by atoms with van der Waals surface area (Å²) in [6, 6.07) is 22.4. The van der Waals surface area contributed by atoms with E-state index in [1.54, 1.807) is 31.4 Å². The lowest BCUT2D eigenvalue weighted by Gasteiger charge is -2.25. The van der Waals surface area contributed by atoms with Gasteiger partial charge in [-0.2, -0.15) is 0 Å². The van der Waals surface area contributed by atoms with Crippen molar-refractivity contribution in [3.8, 4) is 11.5 Å². The van der Waals surface area contributed by atoms with Gasteiger partial charge in [-0.1, -0.05) is 62.4 Å². The second-order valence-electron chi connectivity index (χ2n) is 7.69. The lowest BCUT2D eigenvalue weighted by Crippen LogP contribution is -2.24. The van der Waals surface area contributed by atoms with Crippen LogP contribution in [0.2, 0.25) is 0 Å². The molecule has 0 aliphatic rings. The third-order valence-corrected chi connectivity index (χ3v) is 4.74. The highest BCUT2D eigenvalue weighted by molar-refractivity contribution is 5.35. The molecule has 0 fully saturated rings. The van der Waals surface area contributed by atoms with Crippen molar-refractivity contribution < 1.29 is 18.6 Å². The van der Waals surface area contributed by atoms with Crippen LogP contribution in [-0.4, -0.2) is 13.7 Å². The SMILES string of the molecule is COCc1ccc(C(C)(C)COCc2ccc(F)c(Oc3ccccc3)c2)cc1. The standard InChI is InChI=1S/C25H27FO3/c1-25(2,21-12-9-19(10-13-21)16-27-3)18-28-17-20-11-14-23(26)24(15-20)29-22-7-5-4-6-8-22/h4-15H,16-18H2,1-3H3. The minimum atomic E-state index is -0.394. The summed E-state index contributed by atoms with van der Waals surface area (Å²) in [5.41, 5.74) is 3.06. The van der Waals surface area contributed by atoms with Gasteiger partial charge >= 0.3 is 0 Å². The number of benzene rings is 3. The first-order valence-electron chi connectivity index (χ1n) is 9.65. The van der Waals surface area contributed by atoms with E-state index in [0.29, 0.717) is 25.6 Å². The second kappa shape index (κ2) is 9.68. The third kappa shape index (κ3) is 5.89. The fourth-order valence-electron chi connectivity index (χ4n) is 3.06. The van der Waals surface area contributed by atoms with Crippen molar-refractivity contribution in [1.82, 2.24) is 0 Å². The average molecular weight is 394 g/mol. The quantitative estimate of drug-likeness (QED) is 0.429. The van der Waals surface area contributed by atoms with Crippen molar-refractivity contribution in [1.29, 1.82) is 0 Å². The van der Waals surface area contributed by atoms with Crippen LogP contribution in [-0.2, 0) is 28.1 Å². The van der Waals surface area contributed by atoms with E-state index in [1.807, 2.05) is 18.2 Å². The molecule has 0 heterocycles. The summed E-state index contributed by atoms with van der Waals surface area (Å²) in [4.78, 5) is 0. The Kier molecular flexibility index (Phi) is 7.02. The highest BCUT2D eigenvalue weighted by Gasteiger charge is 2.21. The third-order valence-electron chi connectivity index (χ3n) is 4.74. The van der Waals surface area contributed by atoms with Gasteiger partial charge in [0.05, 0.1) is 19.8 Å². The Hall–Kier alpha value is -2.69. The van der Waals surface area contributed by atoms with Crippen LogP contribution in [0.3, 0.4) is 0 Å². The van der Waals surface area contributed by atoms with Crippen molar-refractivity contribution in [2.24, 2.45) is 0 Å². The Labute approximate surface area is 172 Å². The van der Waals surface area contributed by atoms with E-state index in [0.717, 1.165) is 11.1 Å². The van der Waals surface area contributed by atoms with Gasteiger partial charge in [-0.25, -0.2) is 4.39 Å². The summed E-state index contributed by atoms with van der Waals surface area (Å²) in [6.07, 6.45) is 0. The highest BCUT2D eigenvalue weighted by Crippen LogP contribution is 2.27. The molecular weight excluding hydrogens is 367 g/mol. The zero-order valence-electron chi connectivity index (χ0n) is 17.2. The van der Waals surface area contributed by atoms with Gasteiger partial charge in [0.2, 0.25) is 0 Å². The van der Waals surface area contributed by atoms with E-state index in [-0.39, 0.29) is 11.2 Å². The normalized spacial score (nSPS) is 11.4. The minimum absolute atomic E-state index is 0.144. The van der Waals surface area contributed by atoms with Gasteiger partial charge in [0, 0.05) is 12.5 Å². The number of hydrogen-bond acceptors (Lipinski definition) is 3. The van der Waals surface area contributed by atoms with Gasteiger partial charge < -0.3 is 14.2 Å². The molecule has 152 valence electrons. The first-order chi connectivity index (χ1) is 14.0. The second-order valence-corrected chi connectivity index (χ2v) is 7.69. The first kappa shape index (κ1) is 21.0. The highest BCUT2D eigenvalue weighted by atomic mass is 19.1. The number of hydrogen-bond donors (Lipinski definition) is 0. The van der Waals surface area contributed by atoms with Crippen molar-refractivity contribution in [2.45, 2.75) is 32.5 Å². The van der Waals surface area contributed by atoms with Gasteiger partial charge in [0.15, 0.2) is 11.6 Å². The van der Waals surface area contributed by atoms with Gasteiger partial charge in [-0.15, -0.1) is 0 Å². The Bertz CT molecular complexity index is 905. The lowest BCUT2D eigenvalue weighted by atomic mass is 9.85. The van der Waals surface area contributed by atoms with Crippen LogP contribution >= 0.6 is 0 Å². The molecular formula is C25H27FO3. The molecule has 0 atom stereocenters. The Morgan fingerprint density at radius 2 is 1.52 bits per heavy atom. The summed E-state index contributed by atoms with van der Waals surface area (Å²) in [6.45, 7) is 5.83. The summed E-state index contributed by atoms with van der Waals surface area (Å²) in [5.74, 6) is 0.405. The summed E-state index contributed by atoms with van der Waals surface area (Å²) >= 11 is 0. The summed E-state index contributed by atoms with van der Waals surface area (Å²) in [5, 5.41) is 0. The lowest BCUT2D eigenvalue weighted by molar-refractivity contribution is 0.0823. The molecule has 0 saturated heterocycles. The molecule has 4 heteroatoms. The van der Waals surface area contributed by atoms with Gasteiger partial charge in [0.25, 0.3) is 0 Å². The van der Waals surface area contributed by atoms with Crippen LogP contribution in [0.1, 0.15) is 30.5 Å². The maximum atomic E-state index is 14.1. The van der Waals surface area contributed by atoms with Crippen molar-refractivity contribution in [3.63, 3.8) is 0 Å². The monoisotopic (exact) mass is 394 g/mol. The molecule has 0 aliphatic carbocycles. The number of rotatable bonds is 9. The summed E-state index contributed by atoms with van der Waals surface area (Å²) < 4.78 is 30.9. The predicted molar refractivity (Wildman–Crippen MR) is 113 cm³/mol. The zero-order valence-corrected chi connectivity index (χ0v) is 17.2. The molecule has 0 saturated carbocycles. The van der Waals surface area contributed by atoms with E-state index in [1.165, 1.54) is 11.6 Å². The van der Waals surface area contributed by atoms with Crippen molar-refractivity contribution in [2.75, 3.05) is 13.7 Å². The van der Waals surface area contributed by atoms with Crippen LogP contribution < -0.4 is 4.74 Å². The van der Waals surface area contributed by atoms with E-state index in [2.05, 4.69) is 38.1 Å². The fourth-order valence-corrected chi connectivity index (χ4v) is 3.06. The summed E-state index contributed by atoms with van der Waals surface area (Å²) in [7, 11) is 1.69. The minimum Gasteiger partial charge on any atom is -0.454 e. The average Bonchev–Trinajstić information content (AvgIpc) is 2.72. The maximum absolute atomic E-state index is 14.1. The molecule has 0 N–H and O–H groups in total. The first-order valence-corrected chi connectivity index (χ1v) is 9.65. The molecule has 0 aliphatic heterocycles. The molecule has 0 radical (unpaired) electrons. The number of para-hydroxylation sites is 1. The largest absolute Gasteiger partial charge is 0.454 e. The number of methoxy groups -OCH3 is 1. The molecule has 0 unspecified atom stereocenters. The van der Waals surface area contributed by atoms with E-state index >= 15 is 0 Å². The Morgan fingerprint density at radius 3 is 2.21 bits per heavy atom. The van der Waals surface area contributed by atoms with Crippen LogP contribution in [0.25, 0.3) is 0 Å². The molecule has 3 aromatic carbocycles. The molecule has 29 heavy (non-hydrogen) atoms. The van der Waals surface area contributed by atoms with Crippen LogP contribution in [0.5, 0.6) is 11.5 Å². The Balaban J connectivity index is 1.60. The molecule has 3 aromatic rings. The molecule has 0 amide bonds. The fraction of sp³-hybridized carbons (Fsp3) is 0.280. The van der Waals surface area contributed by atoms with E-state index < -0.39 is 5.82 Å². The predicted octanol–water partition coefficient (Wildman–Crippen LogP) is 6.26. The number of halogens is 1.